The Labute approximate surface area is 143 Å². The summed E-state index contributed by atoms with van der Waals surface area (Å²) in [5.74, 6) is -0.941. The first-order chi connectivity index (χ1) is 10.8. The van der Waals surface area contributed by atoms with Gasteiger partial charge in [0.05, 0.1) is 12.7 Å². The van der Waals surface area contributed by atoms with Crippen LogP contribution in [0.25, 0.3) is 0 Å². The molecule has 0 spiro atoms. The van der Waals surface area contributed by atoms with Gasteiger partial charge in [-0.15, -0.1) is 0 Å². The van der Waals surface area contributed by atoms with Crippen LogP contribution in [0.2, 0.25) is 0 Å². The number of esters is 1. The molecule has 0 saturated carbocycles. The Bertz CT molecular complexity index is 606. The van der Waals surface area contributed by atoms with Crippen LogP contribution in [0.5, 0.6) is 0 Å². The Balaban J connectivity index is 3.20. The van der Waals surface area contributed by atoms with Gasteiger partial charge in [0.1, 0.15) is 0 Å². The van der Waals surface area contributed by atoms with Crippen LogP contribution in [0.1, 0.15) is 51.9 Å². The minimum atomic E-state index is -0.587. The van der Waals surface area contributed by atoms with Crippen LogP contribution in [0.4, 0.5) is 11.4 Å². The molecule has 0 heterocycles. The van der Waals surface area contributed by atoms with E-state index in [4.69, 9.17) is 4.74 Å². The maximum atomic E-state index is 12.2. The number of hydrogen-bond donors (Lipinski definition) is 2. The highest BCUT2D eigenvalue weighted by molar-refractivity contribution is 6.00. The van der Waals surface area contributed by atoms with Gasteiger partial charge in [-0.2, -0.15) is 0 Å². The molecule has 24 heavy (non-hydrogen) atoms. The summed E-state index contributed by atoms with van der Waals surface area (Å²) in [5, 5.41) is 5.51. The van der Waals surface area contributed by atoms with Gasteiger partial charge in [-0.3, -0.25) is 9.59 Å². The number of benzene rings is 1. The van der Waals surface area contributed by atoms with Crippen molar-refractivity contribution in [1.29, 1.82) is 0 Å². The predicted octanol–water partition coefficient (Wildman–Crippen LogP) is 3.44. The first-order valence-electron chi connectivity index (χ1n) is 7.71. The summed E-state index contributed by atoms with van der Waals surface area (Å²) in [7, 11) is 1.27. The van der Waals surface area contributed by atoms with Crippen LogP contribution in [0.3, 0.4) is 0 Å². The maximum Gasteiger partial charge on any atom is 0.337 e. The lowest BCUT2D eigenvalue weighted by atomic mass is 9.95. The van der Waals surface area contributed by atoms with Gasteiger partial charge >= 0.3 is 5.97 Å². The number of rotatable bonds is 3. The summed E-state index contributed by atoms with van der Waals surface area (Å²) in [5.41, 5.74) is -0.0934. The minimum Gasteiger partial charge on any atom is -0.465 e. The zero-order valence-electron chi connectivity index (χ0n) is 15.4. The van der Waals surface area contributed by atoms with Gasteiger partial charge in [0.2, 0.25) is 11.8 Å². The van der Waals surface area contributed by atoms with Crippen LogP contribution < -0.4 is 10.6 Å². The number of methoxy groups -OCH3 is 1. The third-order valence-electron chi connectivity index (χ3n) is 3.23. The molecule has 0 atom stereocenters. The summed E-state index contributed by atoms with van der Waals surface area (Å²) >= 11 is 0. The zero-order valence-corrected chi connectivity index (χ0v) is 15.4. The van der Waals surface area contributed by atoms with Crippen LogP contribution in [-0.2, 0) is 14.3 Å². The van der Waals surface area contributed by atoms with E-state index < -0.39 is 16.8 Å². The van der Waals surface area contributed by atoms with E-state index in [1.807, 2.05) is 0 Å². The number of ether oxygens (including phenoxy) is 1. The van der Waals surface area contributed by atoms with E-state index in [1.165, 1.54) is 19.2 Å². The fourth-order valence-corrected chi connectivity index (χ4v) is 1.64. The Morgan fingerprint density at radius 2 is 1.17 bits per heavy atom. The normalized spacial score (nSPS) is 11.6. The number of carbonyl (C=O) groups is 3. The topological polar surface area (TPSA) is 84.5 Å². The van der Waals surface area contributed by atoms with E-state index >= 15 is 0 Å². The van der Waals surface area contributed by atoms with Gasteiger partial charge < -0.3 is 15.4 Å². The molecule has 0 saturated heterocycles. The van der Waals surface area contributed by atoms with E-state index in [2.05, 4.69) is 10.6 Å². The van der Waals surface area contributed by atoms with Gasteiger partial charge in [0.25, 0.3) is 0 Å². The molecule has 6 nitrogen and oxygen atoms in total. The molecule has 0 aliphatic carbocycles. The van der Waals surface area contributed by atoms with Crippen molar-refractivity contribution >= 4 is 29.2 Å². The second kappa shape index (κ2) is 7.03. The molecule has 0 radical (unpaired) electrons. The molecule has 0 aliphatic rings. The van der Waals surface area contributed by atoms with Crippen LogP contribution in [0, 0.1) is 10.8 Å². The van der Waals surface area contributed by atoms with Gasteiger partial charge in [0, 0.05) is 22.2 Å². The second-order valence-corrected chi connectivity index (χ2v) is 7.70. The quantitative estimate of drug-likeness (QED) is 0.829. The van der Waals surface area contributed by atoms with Crippen molar-refractivity contribution in [3.63, 3.8) is 0 Å². The fraction of sp³-hybridized carbons (Fsp3) is 0.500. The Morgan fingerprint density at radius 3 is 1.46 bits per heavy atom. The average Bonchev–Trinajstić information content (AvgIpc) is 2.44. The molecule has 6 heteroatoms. The van der Waals surface area contributed by atoms with Crippen molar-refractivity contribution in [2.45, 2.75) is 41.5 Å². The Morgan fingerprint density at radius 1 is 0.792 bits per heavy atom. The number of carbonyl (C=O) groups excluding carboxylic acids is 3. The van der Waals surface area contributed by atoms with E-state index in [0.717, 1.165) is 0 Å². The molecular formula is C18H26N2O4. The van der Waals surface area contributed by atoms with Crippen molar-refractivity contribution in [2.75, 3.05) is 17.7 Å². The summed E-state index contributed by atoms with van der Waals surface area (Å²) in [6, 6.07) is 4.64. The van der Waals surface area contributed by atoms with Gasteiger partial charge in [-0.25, -0.2) is 4.79 Å². The lowest BCUT2D eigenvalue weighted by molar-refractivity contribution is -0.123. The molecule has 132 valence electrons. The first-order valence-corrected chi connectivity index (χ1v) is 7.71. The summed E-state index contributed by atoms with van der Waals surface area (Å²) < 4.78 is 4.73. The number of anilines is 2. The fourth-order valence-electron chi connectivity index (χ4n) is 1.64. The summed E-state index contributed by atoms with van der Waals surface area (Å²) in [4.78, 5) is 36.2. The third-order valence-corrected chi connectivity index (χ3v) is 3.23. The SMILES string of the molecule is COC(=O)c1cc(NC(=O)C(C)(C)C)cc(NC(=O)C(C)(C)C)c1. The van der Waals surface area contributed by atoms with Crippen molar-refractivity contribution in [1.82, 2.24) is 0 Å². The molecule has 0 bridgehead atoms. The Kier molecular flexibility index (Phi) is 5.76. The van der Waals surface area contributed by atoms with Gasteiger partial charge in [0.15, 0.2) is 0 Å². The lowest BCUT2D eigenvalue weighted by Crippen LogP contribution is -2.29. The van der Waals surface area contributed by atoms with Crippen LogP contribution >= 0.6 is 0 Å². The molecule has 0 fully saturated rings. The molecule has 0 unspecified atom stereocenters. The molecule has 2 N–H and O–H groups in total. The monoisotopic (exact) mass is 334 g/mol. The summed E-state index contributed by atoms with van der Waals surface area (Å²) in [6.07, 6.45) is 0. The van der Waals surface area contributed by atoms with Crippen molar-refractivity contribution in [3.05, 3.63) is 23.8 Å². The zero-order chi connectivity index (χ0) is 18.7. The minimum absolute atomic E-state index is 0.197. The highest BCUT2D eigenvalue weighted by atomic mass is 16.5. The molecule has 0 aliphatic heterocycles. The van der Waals surface area contributed by atoms with Gasteiger partial charge in [-0.05, 0) is 18.2 Å². The predicted molar refractivity (Wildman–Crippen MR) is 94.0 cm³/mol. The van der Waals surface area contributed by atoms with Crippen molar-refractivity contribution < 1.29 is 19.1 Å². The highest BCUT2D eigenvalue weighted by Crippen LogP contribution is 2.24. The van der Waals surface area contributed by atoms with Crippen molar-refractivity contribution in [3.8, 4) is 0 Å². The maximum absolute atomic E-state index is 12.2. The highest BCUT2D eigenvalue weighted by Gasteiger charge is 2.24. The van der Waals surface area contributed by atoms with E-state index in [9.17, 15) is 14.4 Å². The third kappa shape index (κ3) is 5.37. The molecule has 0 aromatic heterocycles. The number of amides is 2. The van der Waals surface area contributed by atoms with Crippen LogP contribution in [-0.4, -0.2) is 24.9 Å². The average molecular weight is 334 g/mol. The second-order valence-electron chi connectivity index (χ2n) is 7.70. The molecular weight excluding hydrogens is 308 g/mol. The number of hydrogen-bond acceptors (Lipinski definition) is 4. The molecule has 1 aromatic rings. The molecule has 1 rings (SSSR count). The van der Waals surface area contributed by atoms with Crippen LogP contribution in [0.15, 0.2) is 18.2 Å². The van der Waals surface area contributed by atoms with E-state index in [0.29, 0.717) is 11.4 Å². The van der Waals surface area contributed by atoms with E-state index in [1.54, 1.807) is 47.6 Å². The van der Waals surface area contributed by atoms with Crippen molar-refractivity contribution in [2.24, 2.45) is 10.8 Å². The molecule has 1 aromatic carbocycles. The standard InChI is InChI=1S/C18H26N2O4/c1-17(2,3)15(22)19-12-8-11(14(21)24-7)9-13(10-12)20-16(23)18(4,5)6/h8-10H,1-7H3,(H,19,22)(H,20,23). The molecule has 2 amide bonds. The Hall–Kier alpha value is -2.37. The first kappa shape index (κ1) is 19.7. The van der Waals surface area contributed by atoms with E-state index in [-0.39, 0.29) is 17.4 Å². The summed E-state index contributed by atoms with van der Waals surface area (Å²) in [6.45, 7) is 10.7. The number of nitrogens with one attached hydrogen (secondary N) is 2. The largest absolute Gasteiger partial charge is 0.465 e. The van der Waals surface area contributed by atoms with Gasteiger partial charge in [-0.1, -0.05) is 41.5 Å². The smallest absolute Gasteiger partial charge is 0.337 e. The lowest BCUT2D eigenvalue weighted by Gasteiger charge is -2.20.